The molecule has 26 heavy (non-hydrogen) atoms. The third-order valence-corrected chi connectivity index (χ3v) is 5.45. The molecule has 0 spiro atoms. The van der Waals surface area contributed by atoms with Crippen LogP contribution in [0.25, 0.3) is 0 Å². The Kier molecular flexibility index (Phi) is 7.41. The van der Waals surface area contributed by atoms with Gasteiger partial charge in [-0.05, 0) is 49.9 Å². The van der Waals surface area contributed by atoms with E-state index >= 15 is 0 Å². The Bertz CT molecular complexity index is 643. The van der Waals surface area contributed by atoms with E-state index in [-0.39, 0.29) is 30.1 Å². The van der Waals surface area contributed by atoms with Gasteiger partial charge >= 0.3 is 0 Å². The van der Waals surface area contributed by atoms with Crippen molar-refractivity contribution in [1.82, 2.24) is 9.80 Å². The van der Waals surface area contributed by atoms with Gasteiger partial charge in [-0.15, -0.1) is 12.4 Å². The van der Waals surface area contributed by atoms with E-state index in [1.807, 2.05) is 4.90 Å². The fraction of sp³-hybridized carbons (Fsp3) is 0.579. The summed E-state index contributed by atoms with van der Waals surface area (Å²) < 4.78 is 13.4. The molecule has 1 aromatic carbocycles. The quantitative estimate of drug-likeness (QED) is 0.870. The summed E-state index contributed by atoms with van der Waals surface area (Å²) in [6.07, 6.45) is 3.76. The molecule has 7 heteroatoms. The highest BCUT2D eigenvalue weighted by Gasteiger charge is 2.35. The molecule has 1 aliphatic carbocycles. The smallest absolute Gasteiger partial charge is 0.254 e. The van der Waals surface area contributed by atoms with Crippen molar-refractivity contribution in [2.75, 3.05) is 32.7 Å². The average molecular weight is 384 g/mol. The molecule has 1 heterocycles. The van der Waals surface area contributed by atoms with Crippen molar-refractivity contribution in [2.24, 2.45) is 17.6 Å². The molecular formula is C19H27ClFN3O2. The van der Waals surface area contributed by atoms with Gasteiger partial charge in [-0.2, -0.15) is 0 Å². The first-order valence-electron chi connectivity index (χ1n) is 9.14. The third kappa shape index (κ3) is 4.54. The molecule has 2 N–H and O–H groups in total. The van der Waals surface area contributed by atoms with Crippen LogP contribution in [0.2, 0.25) is 0 Å². The number of benzene rings is 1. The number of halogens is 2. The van der Waals surface area contributed by atoms with Gasteiger partial charge in [-0.1, -0.05) is 12.5 Å². The molecular weight excluding hydrogens is 357 g/mol. The minimum absolute atomic E-state index is 0. The topological polar surface area (TPSA) is 66.6 Å². The predicted molar refractivity (Wildman–Crippen MR) is 101 cm³/mol. The maximum Gasteiger partial charge on any atom is 0.254 e. The molecule has 2 fully saturated rings. The van der Waals surface area contributed by atoms with Crippen LogP contribution in [-0.4, -0.2) is 54.3 Å². The van der Waals surface area contributed by atoms with Crippen LogP contribution in [0.4, 0.5) is 4.39 Å². The zero-order chi connectivity index (χ0) is 17.8. The summed E-state index contributed by atoms with van der Waals surface area (Å²) in [7, 11) is 0. The minimum atomic E-state index is -0.411. The summed E-state index contributed by atoms with van der Waals surface area (Å²) in [5.74, 6) is -0.0645. The highest BCUT2D eigenvalue weighted by molar-refractivity contribution is 5.94. The fourth-order valence-corrected chi connectivity index (χ4v) is 4.02. The van der Waals surface area contributed by atoms with Crippen LogP contribution >= 0.6 is 12.4 Å². The SMILES string of the molecule is Cl.NC[C@H]1CCC[C@H]1C(=O)N1CCCN(C(=O)c2cccc(F)c2)CC1. The molecule has 0 unspecified atom stereocenters. The minimum Gasteiger partial charge on any atom is -0.341 e. The average Bonchev–Trinajstić information content (AvgIpc) is 2.96. The van der Waals surface area contributed by atoms with Crippen LogP contribution in [-0.2, 0) is 4.79 Å². The van der Waals surface area contributed by atoms with Crippen LogP contribution in [0.1, 0.15) is 36.0 Å². The standard InChI is InChI=1S/C19H26FN3O2.ClH/c20-16-6-1-4-14(12-16)18(24)22-8-3-9-23(11-10-22)19(25)17-7-2-5-15(17)13-21;/h1,4,6,12,15,17H,2-3,5,7-11,13,21H2;1H/t15-,17-;/m1./s1. The third-order valence-electron chi connectivity index (χ3n) is 5.45. The lowest BCUT2D eigenvalue weighted by molar-refractivity contribution is -0.136. The van der Waals surface area contributed by atoms with Crippen molar-refractivity contribution in [2.45, 2.75) is 25.7 Å². The molecule has 0 bridgehead atoms. The Balaban J connectivity index is 0.00000243. The Hall–Kier alpha value is -1.66. The van der Waals surface area contributed by atoms with Gasteiger partial charge in [0.25, 0.3) is 5.91 Å². The number of carbonyl (C=O) groups excluding carboxylic acids is 2. The second kappa shape index (κ2) is 9.33. The molecule has 0 radical (unpaired) electrons. The number of carbonyl (C=O) groups is 2. The van der Waals surface area contributed by atoms with E-state index in [1.165, 1.54) is 12.1 Å². The zero-order valence-corrected chi connectivity index (χ0v) is 15.7. The molecule has 1 aliphatic heterocycles. The first-order valence-corrected chi connectivity index (χ1v) is 9.14. The van der Waals surface area contributed by atoms with Crippen LogP contribution in [0, 0.1) is 17.7 Å². The Labute approximate surface area is 160 Å². The first-order chi connectivity index (χ1) is 12.1. The largest absolute Gasteiger partial charge is 0.341 e. The summed E-state index contributed by atoms with van der Waals surface area (Å²) in [5, 5.41) is 0. The number of hydrogen-bond donors (Lipinski definition) is 1. The molecule has 144 valence electrons. The Morgan fingerprint density at radius 2 is 1.81 bits per heavy atom. The Morgan fingerprint density at radius 1 is 1.08 bits per heavy atom. The molecule has 3 rings (SSSR count). The predicted octanol–water partition coefficient (Wildman–Crippen LogP) is 2.30. The maximum absolute atomic E-state index is 13.4. The van der Waals surface area contributed by atoms with E-state index in [0.29, 0.717) is 44.2 Å². The van der Waals surface area contributed by atoms with Gasteiger partial charge in [0.2, 0.25) is 5.91 Å². The maximum atomic E-state index is 13.4. The molecule has 5 nitrogen and oxygen atoms in total. The molecule has 2 aliphatic rings. The fourth-order valence-electron chi connectivity index (χ4n) is 4.02. The monoisotopic (exact) mass is 383 g/mol. The zero-order valence-electron chi connectivity index (χ0n) is 14.9. The van der Waals surface area contributed by atoms with Gasteiger partial charge in [0, 0.05) is 37.7 Å². The van der Waals surface area contributed by atoms with Crippen molar-refractivity contribution in [3.63, 3.8) is 0 Å². The lowest BCUT2D eigenvalue weighted by Crippen LogP contribution is -2.41. The van der Waals surface area contributed by atoms with Crippen molar-refractivity contribution in [3.05, 3.63) is 35.6 Å². The van der Waals surface area contributed by atoms with Crippen molar-refractivity contribution in [3.8, 4) is 0 Å². The number of nitrogens with zero attached hydrogens (tertiary/aromatic N) is 2. The van der Waals surface area contributed by atoms with Crippen molar-refractivity contribution in [1.29, 1.82) is 0 Å². The summed E-state index contributed by atoms with van der Waals surface area (Å²) in [6, 6.07) is 5.77. The van der Waals surface area contributed by atoms with E-state index in [2.05, 4.69) is 0 Å². The number of nitrogens with two attached hydrogens (primary N) is 1. The molecule has 1 aromatic rings. The normalized spacial score (nSPS) is 23.3. The summed E-state index contributed by atoms with van der Waals surface area (Å²) in [4.78, 5) is 29.0. The number of hydrogen-bond acceptors (Lipinski definition) is 3. The lowest BCUT2D eigenvalue weighted by atomic mass is 9.94. The molecule has 0 aromatic heterocycles. The van der Waals surface area contributed by atoms with Gasteiger partial charge in [0.1, 0.15) is 5.82 Å². The molecule has 2 atom stereocenters. The van der Waals surface area contributed by atoms with Crippen LogP contribution < -0.4 is 5.73 Å². The van der Waals surface area contributed by atoms with Gasteiger partial charge < -0.3 is 15.5 Å². The number of amides is 2. The van der Waals surface area contributed by atoms with Crippen molar-refractivity contribution < 1.29 is 14.0 Å². The lowest BCUT2D eigenvalue weighted by Gasteiger charge is -2.27. The van der Waals surface area contributed by atoms with Gasteiger partial charge in [-0.3, -0.25) is 9.59 Å². The number of rotatable bonds is 3. The molecule has 1 saturated carbocycles. The van der Waals surface area contributed by atoms with Crippen molar-refractivity contribution >= 4 is 24.2 Å². The van der Waals surface area contributed by atoms with E-state index in [4.69, 9.17) is 5.73 Å². The first kappa shape index (κ1) is 20.6. The second-order valence-corrected chi connectivity index (χ2v) is 7.01. The van der Waals surface area contributed by atoms with Gasteiger partial charge in [0.05, 0.1) is 0 Å². The highest BCUT2D eigenvalue weighted by Crippen LogP contribution is 2.32. The van der Waals surface area contributed by atoms with E-state index in [0.717, 1.165) is 25.7 Å². The van der Waals surface area contributed by atoms with Gasteiger partial charge in [-0.25, -0.2) is 4.39 Å². The van der Waals surface area contributed by atoms with E-state index < -0.39 is 5.82 Å². The summed E-state index contributed by atoms with van der Waals surface area (Å²) in [5.41, 5.74) is 6.17. The molecule has 2 amide bonds. The van der Waals surface area contributed by atoms with Crippen LogP contribution in [0.3, 0.4) is 0 Å². The highest BCUT2D eigenvalue weighted by atomic mass is 35.5. The van der Waals surface area contributed by atoms with Crippen LogP contribution in [0.15, 0.2) is 24.3 Å². The summed E-state index contributed by atoms with van der Waals surface area (Å²) in [6.45, 7) is 2.84. The second-order valence-electron chi connectivity index (χ2n) is 7.01. The van der Waals surface area contributed by atoms with Crippen LogP contribution in [0.5, 0.6) is 0 Å². The Morgan fingerprint density at radius 3 is 2.54 bits per heavy atom. The van der Waals surface area contributed by atoms with E-state index in [9.17, 15) is 14.0 Å². The van der Waals surface area contributed by atoms with E-state index in [1.54, 1.807) is 17.0 Å². The van der Waals surface area contributed by atoms with Gasteiger partial charge in [0.15, 0.2) is 0 Å². The molecule has 1 saturated heterocycles. The summed E-state index contributed by atoms with van der Waals surface area (Å²) >= 11 is 0.